The molecule has 3 aromatic carbocycles. The van der Waals surface area contributed by atoms with E-state index in [0.29, 0.717) is 24.2 Å². The maximum atomic E-state index is 13.2. The van der Waals surface area contributed by atoms with Crippen LogP contribution in [0.4, 0.5) is 4.39 Å². The van der Waals surface area contributed by atoms with Gasteiger partial charge in [0.15, 0.2) is 5.78 Å². The zero-order chi connectivity index (χ0) is 17.5. The maximum Gasteiger partial charge on any atom is 0.163 e. The average molecular weight is 334 g/mol. The van der Waals surface area contributed by atoms with E-state index in [1.54, 1.807) is 36.4 Å². The van der Waals surface area contributed by atoms with Gasteiger partial charge in [-0.15, -0.1) is 0 Å². The van der Waals surface area contributed by atoms with Crippen LogP contribution in [0.3, 0.4) is 0 Å². The van der Waals surface area contributed by atoms with Gasteiger partial charge in [-0.1, -0.05) is 54.6 Å². The van der Waals surface area contributed by atoms with Gasteiger partial charge >= 0.3 is 0 Å². The Labute approximate surface area is 146 Å². The first-order valence-electron chi connectivity index (χ1n) is 8.25. The quantitative estimate of drug-likeness (QED) is 0.554. The molecule has 0 aliphatic rings. The van der Waals surface area contributed by atoms with Crippen LogP contribution < -0.4 is 4.74 Å². The summed E-state index contributed by atoms with van der Waals surface area (Å²) in [6.45, 7) is 0.263. The lowest BCUT2D eigenvalue weighted by atomic mass is 10.0. The first-order valence-corrected chi connectivity index (χ1v) is 8.25. The second-order valence-corrected chi connectivity index (χ2v) is 5.86. The van der Waals surface area contributed by atoms with Crippen molar-refractivity contribution in [2.75, 3.05) is 0 Å². The fraction of sp³-hybridized carbons (Fsp3) is 0.136. The molecule has 3 aromatic rings. The minimum atomic E-state index is -0.286. The summed E-state index contributed by atoms with van der Waals surface area (Å²) in [5.41, 5.74) is 2.53. The highest BCUT2D eigenvalue weighted by Gasteiger charge is 2.08. The summed E-state index contributed by atoms with van der Waals surface area (Å²) in [6.07, 6.45) is 1.17. The number of ether oxygens (including phenoxy) is 1. The zero-order valence-corrected chi connectivity index (χ0v) is 13.8. The molecule has 0 atom stereocenters. The molecule has 3 heteroatoms. The van der Waals surface area contributed by atoms with Gasteiger partial charge in [0.1, 0.15) is 18.2 Å². The third kappa shape index (κ3) is 5.01. The maximum absolute atomic E-state index is 13.2. The van der Waals surface area contributed by atoms with E-state index in [1.165, 1.54) is 12.1 Å². The number of halogens is 1. The summed E-state index contributed by atoms with van der Waals surface area (Å²) in [6, 6.07) is 23.4. The van der Waals surface area contributed by atoms with Gasteiger partial charge in [0.2, 0.25) is 0 Å². The Bertz CT molecular complexity index is 843. The molecule has 0 unspecified atom stereocenters. The largest absolute Gasteiger partial charge is 0.489 e. The molecule has 3 rings (SSSR count). The van der Waals surface area contributed by atoms with Crippen LogP contribution in [0.5, 0.6) is 5.75 Å². The molecule has 0 N–H and O–H groups in total. The zero-order valence-electron chi connectivity index (χ0n) is 13.8. The highest BCUT2D eigenvalue weighted by atomic mass is 19.1. The van der Waals surface area contributed by atoms with Crippen LogP contribution in [0, 0.1) is 5.82 Å². The normalized spacial score (nSPS) is 10.4. The highest BCUT2D eigenvalue weighted by molar-refractivity contribution is 5.96. The second kappa shape index (κ2) is 8.25. The Morgan fingerprint density at radius 2 is 1.60 bits per heavy atom. The number of hydrogen-bond acceptors (Lipinski definition) is 2. The number of carbonyl (C=O) groups is 1. The number of ketones is 1. The van der Waals surface area contributed by atoms with Crippen molar-refractivity contribution in [2.24, 2.45) is 0 Å². The van der Waals surface area contributed by atoms with Crippen LogP contribution in [0.15, 0.2) is 78.9 Å². The fourth-order valence-corrected chi connectivity index (χ4v) is 2.60. The van der Waals surface area contributed by atoms with E-state index in [0.717, 1.165) is 11.1 Å². The molecule has 25 heavy (non-hydrogen) atoms. The summed E-state index contributed by atoms with van der Waals surface area (Å²) in [4.78, 5) is 12.4. The van der Waals surface area contributed by atoms with Crippen molar-refractivity contribution >= 4 is 5.78 Å². The lowest BCUT2D eigenvalue weighted by molar-refractivity contribution is 0.0982. The van der Waals surface area contributed by atoms with E-state index in [4.69, 9.17) is 4.74 Å². The Morgan fingerprint density at radius 3 is 2.40 bits per heavy atom. The molecule has 0 spiro atoms. The molecular weight excluding hydrogens is 315 g/mol. The molecule has 0 amide bonds. The number of benzene rings is 3. The molecule has 0 bridgehead atoms. The molecule has 0 fully saturated rings. The monoisotopic (exact) mass is 334 g/mol. The van der Waals surface area contributed by atoms with Gasteiger partial charge in [0.25, 0.3) is 0 Å². The SMILES string of the molecule is O=C(CCc1ccccc1)c1cccc(OCc2cccc(F)c2)c1. The van der Waals surface area contributed by atoms with Crippen LogP contribution in [0.2, 0.25) is 0 Å². The Hall–Kier alpha value is -2.94. The molecule has 0 aliphatic carbocycles. The molecule has 0 radical (unpaired) electrons. The first-order chi connectivity index (χ1) is 12.2. The molecular formula is C22H19FO2. The number of carbonyl (C=O) groups excluding carboxylic acids is 1. The van der Waals surface area contributed by atoms with E-state index in [-0.39, 0.29) is 18.2 Å². The van der Waals surface area contributed by atoms with Crippen molar-refractivity contribution in [3.8, 4) is 5.75 Å². The number of Topliss-reactive ketones (excluding diaryl/α,β-unsaturated/α-hetero) is 1. The van der Waals surface area contributed by atoms with Gasteiger partial charge in [-0.3, -0.25) is 4.79 Å². The van der Waals surface area contributed by atoms with Gasteiger partial charge in [-0.05, 0) is 41.8 Å². The van der Waals surface area contributed by atoms with E-state index >= 15 is 0 Å². The van der Waals surface area contributed by atoms with E-state index < -0.39 is 0 Å². The Kier molecular flexibility index (Phi) is 5.57. The van der Waals surface area contributed by atoms with E-state index in [9.17, 15) is 9.18 Å². The molecule has 0 saturated carbocycles. The van der Waals surface area contributed by atoms with E-state index in [1.807, 2.05) is 30.3 Å². The standard InChI is InChI=1S/C22H19FO2/c23-20-10-4-8-18(14-20)16-25-21-11-5-9-19(15-21)22(24)13-12-17-6-2-1-3-7-17/h1-11,14-15H,12-13,16H2. The van der Waals surface area contributed by atoms with Gasteiger partial charge in [-0.2, -0.15) is 0 Å². The van der Waals surface area contributed by atoms with Crippen LogP contribution in [-0.4, -0.2) is 5.78 Å². The lowest BCUT2D eigenvalue weighted by Gasteiger charge is -2.08. The smallest absolute Gasteiger partial charge is 0.163 e. The van der Waals surface area contributed by atoms with Crippen LogP contribution in [-0.2, 0) is 13.0 Å². The van der Waals surface area contributed by atoms with E-state index in [2.05, 4.69) is 0 Å². The number of aryl methyl sites for hydroxylation is 1. The lowest BCUT2D eigenvalue weighted by Crippen LogP contribution is -2.02. The van der Waals surface area contributed by atoms with Crippen LogP contribution in [0.25, 0.3) is 0 Å². The minimum Gasteiger partial charge on any atom is -0.489 e. The molecule has 126 valence electrons. The highest BCUT2D eigenvalue weighted by Crippen LogP contribution is 2.17. The molecule has 0 aromatic heterocycles. The third-order valence-corrected chi connectivity index (χ3v) is 3.93. The van der Waals surface area contributed by atoms with Crippen molar-refractivity contribution in [3.05, 3.63) is 101 Å². The minimum absolute atomic E-state index is 0.0834. The topological polar surface area (TPSA) is 26.3 Å². The number of hydrogen-bond donors (Lipinski definition) is 0. The van der Waals surface area contributed by atoms with Crippen molar-refractivity contribution in [2.45, 2.75) is 19.4 Å². The van der Waals surface area contributed by atoms with Crippen molar-refractivity contribution < 1.29 is 13.9 Å². The van der Waals surface area contributed by atoms with Gasteiger partial charge in [-0.25, -0.2) is 4.39 Å². The number of rotatable bonds is 7. The fourth-order valence-electron chi connectivity index (χ4n) is 2.60. The third-order valence-electron chi connectivity index (χ3n) is 3.93. The summed E-state index contributed by atoms with van der Waals surface area (Å²) in [7, 11) is 0. The predicted octanol–water partition coefficient (Wildman–Crippen LogP) is 5.22. The molecule has 0 aliphatic heterocycles. The summed E-state index contributed by atoms with van der Waals surface area (Å²) in [5.74, 6) is 0.404. The summed E-state index contributed by atoms with van der Waals surface area (Å²) in [5, 5.41) is 0. The summed E-state index contributed by atoms with van der Waals surface area (Å²) < 4.78 is 18.9. The van der Waals surface area contributed by atoms with Crippen molar-refractivity contribution in [3.63, 3.8) is 0 Å². The van der Waals surface area contributed by atoms with Crippen LogP contribution in [0.1, 0.15) is 27.9 Å². The molecule has 2 nitrogen and oxygen atoms in total. The average Bonchev–Trinajstić information content (AvgIpc) is 2.65. The Balaban J connectivity index is 1.59. The molecule has 0 saturated heterocycles. The van der Waals surface area contributed by atoms with Gasteiger partial charge < -0.3 is 4.74 Å². The first kappa shape index (κ1) is 16.9. The Morgan fingerprint density at radius 1 is 0.840 bits per heavy atom. The van der Waals surface area contributed by atoms with Crippen molar-refractivity contribution in [1.29, 1.82) is 0 Å². The molecule has 0 heterocycles. The van der Waals surface area contributed by atoms with Gasteiger partial charge in [0, 0.05) is 12.0 Å². The van der Waals surface area contributed by atoms with Crippen molar-refractivity contribution in [1.82, 2.24) is 0 Å². The second-order valence-electron chi connectivity index (χ2n) is 5.86. The predicted molar refractivity (Wildman–Crippen MR) is 96.3 cm³/mol. The van der Waals surface area contributed by atoms with Gasteiger partial charge in [0.05, 0.1) is 0 Å². The summed E-state index contributed by atoms with van der Waals surface area (Å²) >= 11 is 0. The van der Waals surface area contributed by atoms with Crippen LogP contribution >= 0.6 is 0 Å².